The van der Waals surface area contributed by atoms with Gasteiger partial charge in [0, 0.05) is 11.1 Å². The lowest BCUT2D eigenvalue weighted by atomic mass is 9.91. The fourth-order valence-electron chi connectivity index (χ4n) is 2.22. The molecule has 0 atom stereocenters. The van der Waals surface area contributed by atoms with E-state index in [9.17, 15) is 4.79 Å². The lowest BCUT2D eigenvalue weighted by Crippen LogP contribution is -2.05. The Morgan fingerprint density at radius 1 is 0.800 bits per heavy atom. The van der Waals surface area contributed by atoms with Crippen molar-refractivity contribution in [2.45, 2.75) is 0 Å². The summed E-state index contributed by atoms with van der Waals surface area (Å²) in [4.78, 5) is 12.6. The lowest BCUT2D eigenvalue weighted by molar-refractivity contribution is 0.103. The molecule has 1 heteroatoms. The summed E-state index contributed by atoms with van der Waals surface area (Å²) >= 11 is 0. The van der Waals surface area contributed by atoms with E-state index < -0.39 is 0 Å². The Labute approximate surface area is 119 Å². The van der Waals surface area contributed by atoms with E-state index in [0.717, 1.165) is 16.7 Å². The Morgan fingerprint density at radius 2 is 1.45 bits per heavy atom. The molecule has 0 spiro atoms. The number of ketones is 1. The number of carbonyl (C=O) groups excluding carboxylic acids is 1. The van der Waals surface area contributed by atoms with E-state index in [4.69, 9.17) is 0 Å². The predicted molar refractivity (Wildman–Crippen MR) is 86.6 cm³/mol. The molecule has 0 aliphatic heterocycles. The molecule has 0 radical (unpaired) electrons. The van der Waals surface area contributed by atoms with Crippen LogP contribution >= 0.6 is 0 Å². The van der Waals surface area contributed by atoms with Gasteiger partial charge in [-0.3, -0.25) is 4.79 Å². The van der Waals surface area contributed by atoms with Crippen LogP contribution in [0.2, 0.25) is 0 Å². The van der Waals surface area contributed by atoms with Gasteiger partial charge in [0.2, 0.25) is 0 Å². The second kappa shape index (κ2) is 5.98. The molecular formula is C19H16O. The third kappa shape index (κ3) is 2.39. The highest BCUT2D eigenvalue weighted by Gasteiger charge is 2.15. The summed E-state index contributed by atoms with van der Waals surface area (Å²) in [5, 5.41) is 0. The largest absolute Gasteiger partial charge is 0.289 e. The quantitative estimate of drug-likeness (QED) is 0.702. The third-order valence-corrected chi connectivity index (χ3v) is 3.23. The highest BCUT2D eigenvalue weighted by Crippen LogP contribution is 2.25. The third-order valence-electron chi connectivity index (χ3n) is 3.23. The second-order valence-corrected chi connectivity index (χ2v) is 4.34. The summed E-state index contributed by atoms with van der Waals surface area (Å²) < 4.78 is 0. The van der Waals surface area contributed by atoms with E-state index in [2.05, 4.69) is 19.7 Å². The first-order valence-corrected chi connectivity index (χ1v) is 6.37. The molecular weight excluding hydrogens is 244 g/mol. The summed E-state index contributed by atoms with van der Waals surface area (Å²) in [6.07, 6.45) is 5.18. The first-order valence-electron chi connectivity index (χ1n) is 6.37. The molecule has 2 aromatic carbocycles. The van der Waals surface area contributed by atoms with Crippen molar-refractivity contribution in [1.82, 2.24) is 0 Å². The van der Waals surface area contributed by atoms with Crippen LogP contribution in [0.15, 0.2) is 62.2 Å². The van der Waals surface area contributed by atoms with Gasteiger partial charge in [-0.05, 0) is 22.8 Å². The van der Waals surface area contributed by atoms with Crippen LogP contribution in [-0.2, 0) is 0 Å². The van der Waals surface area contributed by atoms with Gasteiger partial charge in [-0.1, -0.05) is 74.4 Å². The molecule has 0 aromatic heterocycles. The molecule has 0 saturated heterocycles. The predicted octanol–water partition coefficient (Wildman–Crippen LogP) is 4.85. The van der Waals surface area contributed by atoms with E-state index in [1.165, 1.54) is 0 Å². The van der Waals surface area contributed by atoms with Gasteiger partial charge in [0.25, 0.3) is 0 Å². The Morgan fingerprint density at radius 3 is 2.00 bits per heavy atom. The number of rotatable bonds is 5. The maximum Gasteiger partial charge on any atom is 0.193 e. The minimum absolute atomic E-state index is 0.0146. The first kappa shape index (κ1) is 13.8. The molecule has 1 nitrogen and oxygen atoms in total. The van der Waals surface area contributed by atoms with Crippen LogP contribution in [0, 0.1) is 0 Å². The molecule has 0 heterocycles. The Balaban J connectivity index is 2.63. The number of benzene rings is 2. The van der Waals surface area contributed by atoms with Gasteiger partial charge in [0.15, 0.2) is 5.78 Å². The minimum atomic E-state index is -0.0146. The van der Waals surface area contributed by atoms with Gasteiger partial charge < -0.3 is 0 Å². The minimum Gasteiger partial charge on any atom is -0.289 e. The number of hydrogen-bond acceptors (Lipinski definition) is 1. The summed E-state index contributed by atoms with van der Waals surface area (Å²) in [6, 6.07) is 12.9. The zero-order chi connectivity index (χ0) is 14.5. The molecule has 0 unspecified atom stereocenters. The molecule has 98 valence electrons. The fourth-order valence-corrected chi connectivity index (χ4v) is 2.22. The summed E-state index contributed by atoms with van der Waals surface area (Å²) in [5.74, 6) is -0.0146. The Kier molecular flexibility index (Phi) is 4.11. The van der Waals surface area contributed by atoms with E-state index >= 15 is 0 Å². The van der Waals surface area contributed by atoms with Crippen LogP contribution in [0.3, 0.4) is 0 Å². The molecule has 0 aliphatic rings. The summed E-state index contributed by atoms with van der Waals surface area (Å²) in [5.41, 5.74) is 3.92. The van der Waals surface area contributed by atoms with E-state index in [1.807, 2.05) is 42.5 Å². The van der Waals surface area contributed by atoms with Crippen molar-refractivity contribution in [3.05, 3.63) is 90.0 Å². The van der Waals surface area contributed by atoms with Gasteiger partial charge in [0.05, 0.1) is 0 Å². The molecule has 2 aromatic rings. The highest BCUT2D eigenvalue weighted by atomic mass is 16.1. The van der Waals surface area contributed by atoms with Gasteiger partial charge in [-0.25, -0.2) is 0 Å². The maximum absolute atomic E-state index is 12.6. The average molecular weight is 260 g/mol. The first-order chi connectivity index (χ1) is 9.72. The summed E-state index contributed by atoms with van der Waals surface area (Å²) in [6.45, 7) is 11.4. The molecule has 20 heavy (non-hydrogen) atoms. The molecule has 0 fully saturated rings. The van der Waals surface area contributed by atoms with Crippen molar-refractivity contribution in [3.8, 4) is 0 Å². The van der Waals surface area contributed by atoms with Crippen molar-refractivity contribution < 1.29 is 4.79 Å². The van der Waals surface area contributed by atoms with E-state index in [1.54, 1.807) is 18.2 Å². The van der Waals surface area contributed by atoms with Crippen molar-refractivity contribution in [3.63, 3.8) is 0 Å². The highest BCUT2D eigenvalue weighted by molar-refractivity contribution is 6.11. The zero-order valence-electron chi connectivity index (χ0n) is 11.3. The monoisotopic (exact) mass is 260 g/mol. The molecule has 0 aliphatic carbocycles. The van der Waals surface area contributed by atoms with Crippen molar-refractivity contribution in [2.24, 2.45) is 0 Å². The van der Waals surface area contributed by atoms with Gasteiger partial charge >= 0.3 is 0 Å². The molecule has 2 rings (SSSR count). The zero-order valence-corrected chi connectivity index (χ0v) is 11.3. The Hall–Kier alpha value is -2.67. The van der Waals surface area contributed by atoms with Crippen LogP contribution in [-0.4, -0.2) is 5.78 Å². The number of hydrogen-bond donors (Lipinski definition) is 0. The van der Waals surface area contributed by atoms with Crippen LogP contribution in [0.1, 0.15) is 32.6 Å². The smallest absolute Gasteiger partial charge is 0.193 e. The second-order valence-electron chi connectivity index (χ2n) is 4.34. The molecule has 0 bridgehead atoms. The Bertz CT molecular complexity index is 678. The topological polar surface area (TPSA) is 17.1 Å². The summed E-state index contributed by atoms with van der Waals surface area (Å²) in [7, 11) is 0. The normalized spacial score (nSPS) is 9.80. The SMILES string of the molecule is C=Cc1ccc(C(=O)c2ccccc2)c(C=C)c1C=C. The number of carbonyl (C=O) groups is 1. The van der Waals surface area contributed by atoms with E-state index in [0.29, 0.717) is 11.1 Å². The van der Waals surface area contributed by atoms with Crippen molar-refractivity contribution >= 4 is 24.0 Å². The molecule has 0 N–H and O–H groups in total. The van der Waals surface area contributed by atoms with Gasteiger partial charge in [0.1, 0.15) is 0 Å². The van der Waals surface area contributed by atoms with Crippen LogP contribution in [0.25, 0.3) is 18.2 Å². The maximum atomic E-state index is 12.6. The molecule has 0 saturated carbocycles. The lowest BCUT2D eigenvalue weighted by Gasteiger charge is -2.11. The van der Waals surface area contributed by atoms with Crippen molar-refractivity contribution in [1.29, 1.82) is 0 Å². The molecule has 0 amide bonds. The average Bonchev–Trinajstić information content (AvgIpc) is 2.53. The van der Waals surface area contributed by atoms with Crippen LogP contribution in [0.4, 0.5) is 0 Å². The van der Waals surface area contributed by atoms with Crippen LogP contribution < -0.4 is 0 Å². The van der Waals surface area contributed by atoms with Crippen LogP contribution in [0.5, 0.6) is 0 Å². The standard InChI is InChI=1S/C19H16O/c1-4-14-12-13-18(17(6-3)16(14)5-2)19(20)15-10-8-7-9-11-15/h4-13H,1-3H2. The van der Waals surface area contributed by atoms with E-state index in [-0.39, 0.29) is 5.78 Å². The van der Waals surface area contributed by atoms with Gasteiger partial charge in [-0.2, -0.15) is 0 Å². The van der Waals surface area contributed by atoms with Crippen molar-refractivity contribution in [2.75, 3.05) is 0 Å². The fraction of sp³-hybridized carbons (Fsp3) is 0. The van der Waals surface area contributed by atoms with Gasteiger partial charge in [-0.15, -0.1) is 0 Å².